The molecule has 0 unspecified atom stereocenters. The lowest BCUT2D eigenvalue weighted by atomic mass is 9.59. The van der Waals surface area contributed by atoms with Gasteiger partial charge in [-0.3, -0.25) is 4.79 Å². The summed E-state index contributed by atoms with van der Waals surface area (Å²) in [7, 11) is 0. The number of hydrogen-bond donors (Lipinski definition) is 2. The predicted molar refractivity (Wildman–Crippen MR) is 42.1 cm³/mol. The molecule has 0 bridgehead atoms. The number of aliphatic carboxylic acids is 1. The molecule has 0 aromatic rings. The minimum atomic E-state index is -0.720. The molecule has 0 aliphatic heterocycles. The zero-order chi connectivity index (χ0) is 8.48. The first kappa shape index (κ1) is 8.53. The lowest BCUT2D eigenvalue weighted by Gasteiger charge is -2.46. The van der Waals surface area contributed by atoms with E-state index in [9.17, 15) is 4.79 Å². The van der Waals surface area contributed by atoms with Crippen molar-refractivity contribution in [2.75, 3.05) is 6.54 Å². The third-order valence-electron chi connectivity index (χ3n) is 3.03. The molecule has 0 heterocycles. The van der Waals surface area contributed by atoms with E-state index in [0.717, 1.165) is 12.8 Å². The molecule has 2 atom stereocenters. The second-order valence-electron chi connectivity index (χ2n) is 3.58. The van der Waals surface area contributed by atoms with E-state index in [1.807, 2.05) is 0 Å². The number of hydrogen-bond acceptors (Lipinski definition) is 2. The van der Waals surface area contributed by atoms with Crippen molar-refractivity contribution in [3.63, 3.8) is 0 Å². The monoisotopic (exact) mass is 157 g/mol. The van der Waals surface area contributed by atoms with Crippen LogP contribution in [0, 0.1) is 11.3 Å². The molecular weight excluding hydrogens is 142 g/mol. The van der Waals surface area contributed by atoms with Gasteiger partial charge >= 0.3 is 5.97 Å². The lowest BCUT2D eigenvalue weighted by Crippen LogP contribution is -2.46. The summed E-state index contributed by atoms with van der Waals surface area (Å²) in [5, 5.41) is 8.61. The highest BCUT2D eigenvalue weighted by atomic mass is 16.4. The maximum atomic E-state index is 10.5. The Labute approximate surface area is 66.6 Å². The number of carboxylic acids is 1. The van der Waals surface area contributed by atoms with Crippen LogP contribution in [0.4, 0.5) is 0 Å². The smallest absolute Gasteiger partial charge is 0.303 e. The van der Waals surface area contributed by atoms with Gasteiger partial charge in [0, 0.05) is 0 Å². The van der Waals surface area contributed by atoms with Crippen LogP contribution < -0.4 is 5.73 Å². The molecule has 0 aromatic carbocycles. The topological polar surface area (TPSA) is 63.3 Å². The first-order valence-corrected chi connectivity index (χ1v) is 4.02. The first-order valence-electron chi connectivity index (χ1n) is 4.02. The quantitative estimate of drug-likeness (QED) is 0.638. The van der Waals surface area contributed by atoms with Crippen molar-refractivity contribution in [1.29, 1.82) is 0 Å². The van der Waals surface area contributed by atoms with Crippen molar-refractivity contribution in [3.8, 4) is 0 Å². The number of rotatable bonds is 3. The second-order valence-corrected chi connectivity index (χ2v) is 3.58. The molecule has 64 valence electrons. The van der Waals surface area contributed by atoms with E-state index in [1.54, 1.807) is 0 Å². The van der Waals surface area contributed by atoms with Gasteiger partial charge in [0.05, 0.1) is 6.42 Å². The van der Waals surface area contributed by atoms with Crippen LogP contribution in [-0.4, -0.2) is 17.6 Å². The predicted octanol–water partition coefficient (Wildman–Crippen LogP) is 0.836. The van der Waals surface area contributed by atoms with Crippen LogP contribution in [0.3, 0.4) is 0 Å². The van der Waals surface area contributed by atoms with E-state index in [2.05, 4.69) is 6.92 Å². The van der Waals surface area contributed by atoms with Gasteiger partial charge in [-0.15, -0.1) is 0 Å². The van der Waals surface area contributed by atoms with Crippen LogP contribution in [0.1, 0.15) is 26.2 Å². The fraction of sp³-hybridized carbons (Fsp3) is 0.875. The van der Waals surface area contributed by atoms with Gasteiger partial charge in [-0.1, -0.05) is 6.92 Å². The van der Waals surface area contributed by atoms with Gasteiger partial charge in [0.1, 0.15) is 0 Å². The number of nitrogens with two attached hydrogens (primary N) is 1. The second kappa shape index (κ2) is 2.81. The Bertz CT molecular complexity index is 165. The number of carboxylic acid groups (broad SMARTS) is 1. The van der Waals surface area contributed by atoms with Crippen LogP contribution in [-0.2, 0) is 4.79 Å². The minimum absolute atomic E-state index is 0.0775. The van der Waals surface area contributed by atoms with Crippen LogP contribution >= 0.6 is 0 Å². The van der Waals surface area contributed by atoms with Gasteiger partial charge < -0.3 is 10.8 Å². The van der Waals surface area contributed by atoms with Crippen molar-refractivity contribution >= 4 is 5.97 Å². The minimum Gasteiger partial charge on any atom is -0.481 e. The van der Waals surface area contributed by atoms with E-state index >= 15 is 0 Å². The van der Waals surface area contributed by atoms with Gasteiger partial charge in [0.15, 0.2) is 0 Å². The summed E-state index contributed by atoms with van der Waals surface area (Å²) in [4.78, 5) is 10.5. The van der Waals surface area contributed by atoms with Crippen LogP contribution in [0.5, 0.6) is 0 Å². The summed E-state index contributed by atoms with van der Waals surface area (Å²) < 4.78 is 0. The molecule has 3 nitrogen and oxygen atoms in total. The third-order valence-corrected chi connectivity index (χ3v) is 3.03. The summed E-state index contributed by atoms with van der Waals surface area (Å²) >= 11 is 0. The Morgan fingerprint density at radius 3 is 2.55 bits per heavy atom. The van der Waals surface area contributed by atoms with Crippen LogP contribution in [0.25, 0.3) is 0 Å². The molecule has 11 heavy (non-hydrogen) atoms. The summed E-state index contributed by atoms with van der Waals surface area (Å²) in [6, 6.07) is 0. The summed E-state index contributed by atoms with van der Waals surface area (Å²) in [5.74, 6) is -0.231. The van der Waals surface area contributed by atoms with Gasteiger partial charge in [-0.05, 0) is 30.7 Å². The molecule has 0 amide bonds. The molecule has 1 fully saturated rings. The van der Waals surface area contributed by atoms with E-state index < -0.39 is 5.97 Å². The Morgan fingerprint density at radius 1 is 1.82 bits per heavy atom. The highest BCUT2D eigenvalue weighted by Crippen LogP contribution is 2.48. The van der Waals surface area contributed by atoms with E-state index in [4.69, 9.17) is 10.8 Å². The molecule has 3 N–H and O–H groups in total. The molecule has 0 aromatic heterocycles. The van der Waals surface area contributed by atoms with Crippen molar-refractivity contribution in [2.24, 2.45) is 17.1 Å². The lowest BCUT2D eigenvalue weighted by molar-refractivity contribution is -0.143. The Balaban J connectivity index is 2.54. The fourth-order valence-corrected chi connectivity index (χ4v) is 1.78. The molecule has 3 heteroatoms. The molecule has 0 radical (unpaired) electrons. The average Bonchev–Trinajstić information content (AvgIpc) is 1.96. The van der Waals surface area contributed by atoms with Crippen molar-refractivity contribution in [3.05, 3.63) is 0 Å². The van der Waals surface area contributed by atoms with E-state index in [0.29, 0.717) is 12.5 Å². The van der Waals surface area contributed by atoms with Crippen molar-refractivity contribution in [1.82, 2.24) is 0 Å². The largest absolute Gasteiger partial charge is 0.481 e. The average molecular weight is 157 g/mol. The first-order chi connectivity index (χ1) is 5.10. The normalized spacial score (nSPS) is 36.4. The van der Waals surface area contributed by atoms with Crippen LogP contribution in [0.15, 0.2) is 0 Å². The highest BCUT2D eigenvalue weighted by molar-refractivity contribution is 5.68. The Hall–Kier alpha value is -0.570. The Morgan fingerprint density at radius 2 is 2.45 bits per heavy atom. The van der Waals surface area contributed by atoms with Gasteiger partial charge in [0.2, 0.25) is 0 Å². The van der Waals surface area contributed by atoms with Crippen molar-refractivity contribution in [2.45, 2.75) is 26.2 Å². The standard InChI is InChI=1S/C8H15NO2/c1-6-2-3-8(6,5-9)4-7(10)11/h6H,2-5,9H2,1H3,(H,10,11)/t6-,8-/m0/s1. The highest BCUT2D eigenvalue weighted by Gasteiger charge is 2.44. The van der Waals surface area contributed by atoms with Crippen molar-refractivity contribution < 1.29 is 9.90 Å². The summed E-state index contributed by atoms with van der Waals surface area (Å²) in [6.07, 6.45) is 2.35. The molecular formula is C8H15NO2. The summed E-state index contributed by atoms with van der Waals surface area (Å²) in [6.45, 7) is 2.60. The van der Waals surface area contributed by atoms with Gasteiger partial charge in [0.25, 0.3) is 0 Å². The maximum absolute atomic E-state index is 10.5. The summed E-state index contributed by atoms with van der Waals surface area (Å²) in [5.41, 5.74) is 5.47. The maximum Gasteiger partial charge on any atom is 0.303 e. The van der Waals surface area contributed by atoms with E-state index in [1.165, 1.54) is 0 Å². The zero-order valence-electron chi connectivity index (χ0n) is 6.84. The SMILES string of the molecule is C[C@H]1CC[C@@]1(CN)CC(=O)O. The molecule has 1 aliphatic rings. The third kappa shape index (κ3) is 1.38. The fourth-order valence-electron chi connectivity index (χ4n) is 1.78. The van der Waals surface area contributed by atoms with Gasteiger partial charge in [-0.25, -0.2) is 0 Å². The molecule has 1 rings (SSSR count). The molecule has 0 saturated heterocycles. The Kier molecular flexibility index (Phi) is 2.18. The zero-order valence-corrected chi connectivity index (χ0v) is 6.84. The molecule has 1 saturated carbocycles. The molecule has 1 aliphatic carbocycles. The van der Waals surface area contributed by atoms with Crippen LogP contribution in [0.2, 0.25) is 0 Å². The van der Waals surface area contributed by atoms with Gasteiger partial charge in [-0.2, -0.15) is 0 Å². The number of carbonyl (C=O) groups is 1. The molecule has 0 spiro atoms. The van der Waals surface area contributed by atoms with E-state index in [-0.39, 0.29) is 11.8 Å².